The highest BCUT2D eigenvalue weighted by Gasteiger charge is 2.25. The first kappa shape index (κ1) is 10.4. The van der Waals surface area contributed by atoms with Gasteiger partial charge in [0.25, 0.3) is 0 Å². The molecule has 1 atom stereocenters. The molecular formula is C12H24N2. The van der Waals surface area contributed by atoms with Crippen LogP contribution in [0.4, 0.5) is 0 Å². The van der Waals surface area contributed by atoms with E-state index in [0.29, 0.717) is 0 Å². The lowest BCUT2D eigenvalue weighted by Crippen LogP contribution is -2.43. The van der Waals surface area contributed by atoms with Crippen LogP contribution in [0.3, 0.4) is 0 Å². The second kappa shape index (κ2) is 5.13. The molecule has 0 amide bonds. The van der Waals surface area contributed by atoms with Gasteiger partial charge in [0.15, 0.2) is 0 Å². The fourth-order valence-corrected chi connectivity index (χ4v) is 2.99. The molecule has 0 bridgehead atoms. The Bertz CT molecular complexity index is 164. The van der Waals surface area contributed by atoms with Gasteiger partial charge >= 0.3 is 0 Å². The summed E-state index contributed by atoms with van der Waals surface area (Å²) < 4.78 is 0. The van der Waals surface area contributed by atoms with Crippen LogP contribution in [0.2, 0.25) is 0 Å². The summed E-state index contributed by atoms with van der Waals surface area (Å²) in [6.07, 6.45) is 8.62. The molecule has 0 spiro atoms. The molecule has 1 heterocycles. The molecule has 82 valence electrons. The van der Waals surface area contributed by atoms with Gasteiger partial charge in [0.05, 0.1) is 0 Å². The Kier molecular flexibility index (Phi) is 3.82. The fourth-order valence-electron chi connectivity index (χ4n) is 2.99. The van der Waals surface area contributed by atoms with Crippen LogP contribution in [0, 0.1) is 0 Å². The molecule has 2 heteroatoms. The van der Waals surface area contributed by atoms with Crippen LogP contribution in [0.1, 0.15) is 45.4 Å². The highest BCUT2D eigenvalue weighted by molar-refractivity contribution is 4.82. The van der Waals surface area contributed by atoms with Gasteiger partial charge in [-0.2, -0.15) is 0 Å². The molecule has 14 heavy (non-hydrogen) atoms. The van der Waals surface area contributed by atoms with Crippen molar-refractivity contribution in [3.63, 3.8) is 0 Å². The Morgan fingerprint density at radius 1 is 1.00 bits per heavy atom. The summed E-state index contributed by atoms with van der Waals surface area (Å²) in [5.41, 5.74) is 0. The third-order valence-electron chi connectivity index (χ3n) is 3.90. The molecule has 2 nitrogen and oxygen atoms in total. The van der Waals surface area contributed by atoms with Crippen molar-refractivity contribution in [2.24, 2.45) is 0 Å². The lowest BCUT2D eigenvalue weighted by atomic mass is 9.93. The number of hydrogen-bond donors (Lipinski definition) is 1. The first-order valence-electron chi connectivity index (χ1n) is 6.34. The molecule has 2 aliphatic rings. The van der Waals surface area contributed by atoms with Gasteiger partial charge in [0.1, 0.15) is 0 Å². The Hall–Kier alpha value is -0.0800. The van der Waals surface area contributed by atoms with Crippen LogP contribution in [-0.2, 0) is 0 Å². The van der Waals surface area contributed by atoms with E-state index in [4.69, 9.17) is 0 Å². The van der Waals surface area contributed by atoms with E-state index in [1.54, 1.807) is 0 Å². The minimum Gasteiger partial charge on any atom is -0.315 e. The van der Waals surface area contributed by atoms with Crippen molar-refractivity contribution < 1.29 is 0 Å². The Morgan fingerprint density at radius 3 is 2.57 bits per heavy atom. The predicted octanol–water partition coefficient (Wildman–Crippen LogP) is 2.00. The van der Waals surface area contributed by atoms with Gasteiger partial charge in [0, 0.05) is 25.2 Å². The summed E-state index contributed by atoms with van der Waals surface area (Å²) in [6.45, 7) is 6.08. The van der Waals surface area contributed by atoms with Crippen molar-refractivity contribution in [2.75, 3.05) is 19.6 Å². The predicted molar refractivity (Wildman–Crippen MR) is 60.5 cm³/mol. The standard InChI is InChI=1S/C12H24N2/c1-11-7-8-13-9-10-14(11)12-5-3-2-4-6-12/h11-13H,2-10H2,1H3. The van der Waals surface area contributed by atoms with Crippen LogP contribution < -0.4 is 5.32 Å². The average molecular weight is 196 g/mol. The van der Waals surface area contributed by atoms with E-state index in [-0.39, 0.29) is 0 Å². The van der Waals surface area contributed by atoms with E-state index in [1.807, 2.05) is 0 Å². The molecule has 1 aliphatic carbocycles. The maximum absolute atomic E-state index is 3.51. The zero-order valence-electron chi connectivity index (χ0n) is 9.47. The average Bonchev–Trinajstić information content (AvgIpc) is 2.44. The highest BCUT2D eigenvalue weighted by atomic mass is 15.2. The molecular weight excluding hydrogens is 172 g/mol. The summed E-state index contributed by atoms with van der Waals surface area (Å²) in [6, 6.07) is 1.70. The molecule has 1 aliphatic heterocycles. The second-order valence-electron chi connectivity index (χ2n) is 4.92. The van der Waals surface area contributed by atoms with Crippen molar-refractivity contribution in [3.05, 3.63) is 0 Å². The highest BCUT2D eigenvalue weighted by Crippen LogP contribution is 2.25. The quantitative estimate of drug-likeness (QED) is 0.690. The van der Waals surface area contributed by atoms with Gasteiger partial charge in [-0.25, -0.2) is 0 Å². The number of nitrogens with one attached hydrogen (secondary N) is 1. The first-order valence-corrected chi connectivity index (χ1v) is 6.34. The third kappa shape index (κ3) is 2.48. The van der Waals surface area contributed by atoms with Crippen molar-refractivity contribution in [1.82, 2.24) is 10.2 Å². The monoisotopic (exact) mass is 196 g/mol. The van der Waals surface area contributed by atoms with Crippen molar-refractivity contribution in [1.29, 1.82) is 0 Å². The van der Waals surface area contributed by atoms with E-state index >= 15 is 0 Å². The number of rotatable bonds is 1. The largest absolute Gasteiger partial charge is 0.315 e. The first-order chi connectivity index (χ1) is 6.88. The summed E-state index contributed by atoms with van der Waals surface area (Å²) in [5.74, 6) is 0. The van der Waals surface area contributed by atoms with E-state index < -0.39 is 0 Å². The topological polar surface area (TPSA) is 15.3 Å². The van der Waals surface area contributed by atoms with E-state index in [2.05, 4.69) is 17.1 Å². The summed E-state index contributed by atoms with van der Waals surface area (Å²) in [7, 11) is 0. The third-order valence-corrected chi connectivity index (χ3v) is 3.90. The zero-order valence-corrected chi connectivity index (χ0v) is 9.47. The number of nitrogens with zero attached hydrogens (tertiary/aromatic N) is 1. The minimum absolute atomic E-state index is 0.799. The smallest absolute Gasteiger partial charge is 0.0113 e. The van der Waals surface area contributed by atoms with Crippen LogP contribution in [0.25, 0.3) is 0 Å². The van der Waals surface area contributed by atoms with Crippen LogP contribution in [0.5, 0.6) is 0 Å². The van der Waals surface area contributed by atoms with Gasteiger partial charge in [-0.3, -0.25) is 4.90 Å². The molecule has 1 saturated heterocycles. The Labute approximate surface area is 88.1 Å². The lowest BCUT2D eigenvalue weighted by molar-refractivity contribution is 0.120. The fraction of sp³-hybridized carbons (Fsp3) is 1.00. The van der Waals surface area contributed by atoms with Gasteiger partial charge < -0.3 is 5.32 Å². The van der Waals surface area contributed by atoms with Crippen LogP contribution in [0.15, 0.2) is 0 Å². The normalized spacial score (nSPS) is 32.8. The van der Waals surface area contributed by atoms with E-state index in [1.165, 1.54) is 58.2 Å². The second-order valence-corrected chi connectivity index (χ2v) is 4.92. The summed E-state index contributed by atoms with van der Waals surface area (Å²) in [4.78, 5) is 2.76. The van der Waals surface area contributed by atoms with Gasteiger partial charge in [0.2, 0.25) is 0 Å². The van der Waals surface area contributed by atoms with Crippen molar-refractivity contribution >= 4 is 0 Å². The van der Waals surface area contributed by atoms with Crippen LogP contribution in [-0.4, -0.2) is 36.6 Å². The molecule has 0 radical (unpaired) electrons. The molecule has 2 rings (SSSR count). The maximum Gasteiger partial charge on any atom is 0.0113 e. The molecule has 1 N–H and O–H groups in total. The van der Waals surface area contributed by atoms with Gasteiger partial charge in [-0.05, 0) is 32.7 Å². The number of hydrogen-bond acceptors (Lipinski definition) is 2. The Balaban J connectivity index is 1.91. The summed E-state index contributed by atoms with van der Waals surface area (Å²) >= 11 is 0. The Morgan fingerprint density at radius 2 is 1.79 bits per heavy atom. The molecule has 1 saturated carbocycles. The van der Waals surface area contributed by atoms with Gasteiger partial charge in [-0.1, -0.05) is 19.3 Å². The van der Waals surface area contributed by atoms with E-state index in [9.17, 15) is 0 Å². The minimum atomic E-state index is 0.799. The lowest BCUT2D eigenvalue weighted by Gasteiger charge is -2.37. The van der Waals surface area contributed by atoms with Crippen molar-refractivity contribution in [3.8, 4) is 0 Å². The van der Waals surface area contributed by atoms with Crippen LogP contribution >= 0.6 is 0 Å². The maximum atomic E-state index is 3.51. The van der Waals surface area contributed by atoms with Crippen molar-refractivity contribution in [2.45, 2.75) is 57.5 Å². The molecule has 0 aromatic heterocycles. The summed E-state index contributed by atoms with van der Waals surface area (Å²) in [5, 5.41) is 3.51. The SMILES string of the molecule is CC1CCNCCN1C1CCCCC1. The van der Waals surface area contributed by atoms with E-state index in [0.717, 1.165) is 12.1 Å². The molecule has 0 aromatic carbocycles. The molecule has 2 fully saturated rings. The molecule has 0 aromatic rings. The molecule has 1 unspecified atom stereocenters. The van der Waals surface area contributed by atoms with Gasteiger partial charge in [-0.15, -0.1) is 0 Å². The zero-order chi connectivity index (χ0) is 9.80.